The molecule has 0 saturated heterocycles. The largest absolute Gasteiger partial charge is 0.507 e. The summed E-state index contributed by atoms with van der Waals surface area (Å²) in [6, 6.07) is 11.9. The van der Waals surface area contributed by atoms with Crippen LogP contribution in [0.1, 0.15) is 37.3 Å². The Morgan fingerprint density at radius 2 is 1.72 bits per heavy atom. The summed E-state index contributed by atoms with van der Waals surface area (Å²) in [6.45, 7) is 3.78. The van der Waals surface area contributed by atoms with Gasteiger partial charge in [-0.25, -0.2) is 0 Å². The van der Waals surface area contributed by atoms with Crippen LogP contribution in [0, 0.1) is 0 Å². The summed E-state index contributed by atoms with van der Waals surface area (Å²) in [5, 5.41) is 40.5. The number of phenolic OH excluding ortho intramolecular Hbond substituents is 3. The van der Waals surface area contributed by atoms with Crippen molar-refractivity contribution in [2.45, 2.75) is 32.3 Å². The van der Waals surface area contributed by atoms with Gasteiger partial charge in [0.1, 0.15) is 28.2 Å². The number of phenols is 3. The van der Waals surface area contributed by atoms with E-state index < -0.39 is 40.3 Å². The zero-order chi connectivity index (χ0) is 25.7. The van der Waals surface area contributed by atoms with Crippen LogP contribution in [0.25, 0.3) is 22.3 Å². The molecule has 0 aliphatic carbocycles. The number of hydrogen-bond acceptors (Lipinski definition) is 9. The minimum atomic E-state index is -0.911. The number of carbonyl (C=O) groups is 1. The predicted octanol–water partition coefficient (Wildman–Crippen LogP) is 4.51. The normalized spacial score (nSPS) is 15.1. The average Bonchev–Trinajstić information content (AvgIpc) is 2.82. The van der Waals surface area contributed by atoms with Crippen LogP contribution >= 0.6 is 0 Å². The Hall–Kier alpha value is -4.66. The fourth-order valence-electron chi connectivity index (χ4n) is 4.40. The van der Waals surface area contributed by atoms with Crippen molar-refractivity contribution in [2.24, 2.45) is 0 Å². The first-order chi connectivity index (χ1) is 17.1. The van der Waals surface area contributed by atoms with Gasteiger partial charge in [-0.1, -0.05) is 12.1 Å². The highest BCUT2D eigenvalue weighted by Crippen LogP contribution is 2.47. The molecule has 0 spiro atoms. The minimum Gasteiger partial charge on any atom is -0.507 e. The molecule has 1 aromatic heterocycles. The van der Waals surface area contributed by atoms with Crippen molar-refractivity contribution in [3.8, 4) is 45.8 Å². The fraction of sp³-hybridized carbons (Fsp3) is 0.185. The van der Waals surface area contributed by atoms with Crippen LogP contribution in [0.2, 0.25) is 0 Å². The van der Waals surface area contributed by atoms with E-state index in [4.69, 9.17) is 13.9 Å². The number of esters is 1. The number of benzene rings is 3. The van der Waals surface area contributed by atoms with E-state index in [9.17, 15) is 30.0 Å². The lowest BCUT2D eigenvalue weighted by Gasteiger charge is -2.26. The second-order valence-corrected chi connectivity index (χ2v) is 8.79. The van der Waals surface area contributed by atoms with Gasteiger partial charge in [0, 0.05) is 23.1 Å². The van der Waals surface area contributed by atoms with E-state index in [1.54, 1.807) is 24.3 Å². The number of carbonyl (C=O) groups excluding carboxylic acids is 1. The first-order valence-corrected chi connectivity index (χ1v) is 11.2. The SMILES string of the molecule is CC(C)Oc1cccc([C@@H]2CC(=O)Oc3cc(O)c4c(=O)c(O)c(-c5ccc(O)c(O)c5)oc4c32)c1. The topological polar surface area (TPSA) is 147 Å². The summed E-state index contributed by atoms with van der Waals surface area (Å²) in [6.07, 6.45) is -0.148. The molecular formula is C27H22O9. The first-order valence-electron chi connectivity index (χ1n) is 11.2. The van der Waals surface area contributed by atoms with E-state index in [0.717, 1.165) is 12.1 Å². The Balaban J connectivity index is 1.80. The monoisotopic (exact) mass is 490 g/mol. The predicted molar refractivity (Wildman–Crippen MR) is 129 cm³/mol. The van der Waals surface area contributed by atoms with Gasteiger partial charge >= 0.3 is 5.97 Å². The van der Waals surface area contributed by atoms with Crippen LogP contribution in [-0.4, -0.2) is 32.5 Å². The molecule has 0 bridgehead atoms. The number of rotatable bonds is 4. The Labute approximate surface area is 204 Å². The lowest BCUT2D eigenvalue weighted by atomic mass is 9.85. The highest BCUT2D eigenvalue weighted by atomic mass is 16.5. The van der Waals surface area contributed by atoms with Gasteiger partial charge in [-0.3, -0.25) is 9.59 Å². The molecular weight excluding hydrogens is 468 g/mol. The van der Waals surface area contributed by atoms with E-state index >= 15 is 0 Å². The van der Waals surface area contributed by atoms with Crippen molar-refractivity contribution in [3.63, 3.8) is 0 Å². The van der Waals surface area contributed by atoms with Crippen LogP contribution < -0.4 is 14.9 Å². The Morgan fingerprint density at radius 3 is 2.44 bits per heavy atom. The van der Waals surface area contributed by atoms with Gasteiger partial charge in [0.2, 0.25) is 11.2 Å². The summed E-state index contributed by atoms with van der Waals surface area (Å²) in [7, 11) is 0. The molecule has 3 aromatic carbocycles. The number of ether oxygens (including phenoxy) is 2. The molecule has 1 atom stereocenters. The number of fused-ring (bicyclic) bond motifs is 3. The van der Waals surface area contributed by atoms with Crippen molar-refractivity contribution in [1.29, 1.82) is 0 Å². The highest BCUT2D eigenvalue weighted by molar-refractivity contribution is 5.94. The second kappa shape index (κ2) is 8.53. The molecule has 5 rings (SSSR count). The summed E-state index contributed by atoms with van der Waals surface area (Å²) in [5.74, 6) is -3.04. The molecule has 0 amide bonds. The van der Waals surface area contributed by atoms with Crippen molar-refractivity contribution in [2.75, 3.05) is 0 Å². The van der Waals surface area contributed by atoms with Crippen LogP contribution in [-0.2, 0) is 4.79 Å². The average molecular weight is 490 g/mol. The maximum atomic E-state index is 13.2. The van der Waals surface area contributed by atoms with Crippen molar-refractivity contribution in [3.05, 3.63) is 69.9 Å². The molecule has 0 saturated carbocycles. The molecule has 4 N–H and O–H groups in total. The summed E-state index contributed by atoms with van der Waals surface area (Å²) < 4.78 is 17.2. The molecule has 2 heterocycles. The van der Waals surface area contributed by atoms with Crippen LogP contribution in [0.5, 0.6) is 34.5 Å². The minimum absolute atomic E-state index is 0.0183. The van der Waals surface area contributed by atoms with Gasteiger partial charge < -0.3 is 34.3 Å². The quantitative estimate of drug-likeness (QED) is 0.184. The van der Waals surface area contributed by atoms with Gasteiger partial charge in [0.15, 0.2) is 17.3 Å². The van der Waals surface area contributed by atoms with E-state index in [2.05, 4.69) is 0 Å². The molecule has 1 aliphatic rings. The third kappa shape index (κ3) is 3.84. The van der Waals surface area contributed by atoms with Gasteiger partial charge in [-0.15, -0.1) is 0 Å². The molecule has 9 heteroatoms. The van der Waals surface area contributed by atoms with E-state index in [1.165, 1.54) is 12.1 Å². The van der Waals surface area contributed by atoms with Crippen molar-refractivity contribution in [1.82, 2.24) is 0 Å². The molecule has 0 radical (unpaired) electrons. The molecule has 36 heavy (non-hydrogen) atoms. The standard InChI is InChI=1S/C27H22O9/c1-12(2)34-15-5-3-4-13(8-15)16-10-21(31)35-20-11-19(30)23-24(32)25(33)26(36-27(23)22(16)20)14-6-7-17(28)18(29)9-14/h3-9,11-12,16,28-30,33H,10H2,1-2H3/t16-/m0/s1. The third-order valence-electron chi connectivity index (χ3n) is 5.94. The van der Waals surface area contributed by atoms with Crippen LogP contribution in [0.3, 0.4) is 0 Å². The third-order valence-corrected chi connectivity index (χ3v) is 5.94. The van der Waals surface area contributed by atoms with Gasteiger partial charge in [-0.05, 0) is 49.7 Å². The van der Waals surface area contributed by atoms with E-state index in [1.807, 2.05) is 13.8 Å². The zero-order valence-electron chi connectivity index (χ0n) is 19.3. The van der Waals surface area contributed by atoms with E-state index in [-0.39, 0.29) is 40.6 Å². The van der Waals surface area contributed by atoms with Crippen LogP contribution in [0.15, 0.2) is 57.7 Å². The number of hydrogen-bond donors (Lipinski definition) is 4. The Kier molecular flexibility index (Phi) is 5.47. The maximum Gasteiger partial charge on any atom is 0.312 e. The lowest BCUT2D eigenvalue weighted by Crippen LogP contribution is -2.22. The van der Waals surface area contributed by atoms with Crippen molar-refractivity contribution >= 4 is 16.9 Å². The molecule has 0 unspecified atom stereocenters. The van der Waals surface area contributed by atoms with Gasteiger partial charge in [-0.2, -0.15) is 0 Å². The zero-order valence-corrected chi connectivity index (χ0v) is 19.3. The highest BCUT2D eigenvalue weighted by Gasteiger charge is 2.34. The maximum absolute atomic E-state index is 13.2. The first kappa shape index (κ1) is 23.1. The van der Waals surface area contributed by atoms with E-state index in [0.29, 0.717) is 16.9 Å². The summed E-state index contributed by atoms with van der Waals surface area (Å²) >= 11 is 0. The van der Waals surface area contributed by atoms with Crippen LogP contribution in [0.4, 0.5) is 0 Å². The smallest absolute Gasteiger partial charge is 0.312 e. The van der Waals surface area contributed by atoms with Crippen molar-refractivity contribution < 1.29 is 39.1 Å². The summed E-state index contributed by atoms with van der Waals surface area (Å²) in [5.41, 5.74) is 0.147. The Morgan fingerprint density at radius 1 is 0.944 bits per heavy atom. The van der Waals surface area contributed by atoms with Gasteiger partial charge in [0.05, 0.1) is 12.5 Å². The molecule has 184 valence electrons. The molecule has 0 fully saturated rings. The van der Waals surface area contributed by atoms with Gasteiger partial charge in [0.25, 0.3) is 0 Å². The fourth-order valence-corrected chi connectivity index (χ4v) is 4.40. The number of aromatic hydroxyl groups is 4. The Bertz CT molecular complexity index is 1580. The lowest BCUT2D eigenvalue weighted by molar-refractivity contribution is -0.135. The summed E-state index contributed by atoms with van der Waals surface area (Å²) in [4.78, 5) is 25.6. The second-order valence-electron chi connectivity index (χ2n) is 8.79. The molecule has 9 nitrogen and oxygen atoms in total. The molecule has 4 aromatic rings. The molecule has 1 aliphatic heterocycles.